The van der Waals surface area contributed by atoms with E-state index in [0.717, 1.165) is 42.6 Å². The molecule has 0 radical (unpaired) electrons. The summed E-state index contributed by atoms with van der Waals surface area (Å²) < 4.78 is 12.0. The van der Waals surface area contributed by atoms with Crippen LogP contribution in [0.3, 0.4) is 0 Å². The number of aromatic nitrogens is 2. The van der Waals surface area contributed by atoms with Crippen molar-refractivity contribution in [3.63, 3.8) is 0 Å². The van der Waals surface area contributed by atoms with E-state index in [9.17, 15) is 4.79 Å². The van der Waals surface area contributed by atoms with Crippen LogP contribution in [0.25, 0.3) is 0 Å². The van der Waals surface area contributed by atoms with Gasteiger partial charge in [0.15, 0.2) is 17.3 Å². The number of amides is 1. The lowest BCUT2D eigenvalue weighted by atomic mass is 10.0. The molecular weight excluding hydrogens is 452 g/mol. The maximum Gasteiger partial charge on any atom is 0.225 e. The van der Waals surface area contributed by atoms with E-state index in [4.69, 9.17) is 9.47 Å². The maximum atomic E-state index is 12.6. The van der Waals surface area contributed by atoms with Crippen LogP contribution >= 0.6 is 0 Å². The molecular formula is C29H34N4O3. The second-order valence-corrected chi connectivity index (χ2v) is 9.53. The number of hydrogen-bond donors (Lipinski definition) is 1. The normalized spacial score (nSPS) is 17.5. The number of rotatable bonds is 10. The summed E-state index contributed by atoms with van der Waals surface area (Å²) in [6, 6.07) is 16.5. The predicted octanol–water partition coefficient (Wildman–Crippen LogP) is 5.37. The Morgan fingerprint density at radius 1 is 1.06 bits per heavy atom. The fourth-order valence-electron chi connectivity index (χ4n) is 4.65. The molecule has 1 atom stereocenters. The molecule has 36 heavy (non-hydrogen) atoms. The van der Waals surface area contributed by atoms with E-state index < -0.39 is 0 Å². The monoisotopic (exact) mass is 486 g/mol. The van der Waals surface area contributed by atoms with Crippen molar-refractivity contribution in [3.05, 3.63) is 72.1 Å². The van der Waals surface area contributed by atoms with Gasteiger partial charge >= 0.3 is 0 Å². The van der Waals surface area contributed by atoms with Crippen LogP contribution in [-0.4, -0.2) is 41.7 Å². The van der Waals surface area contributed by atoms with Crippen molar-refractivity contribution in [1.29, 1.82) is 0 Å². The number of carbonyl (C=O) groups is 1. The number of aryl methyl sites for hydroxylation is 1. The molecule has 1 aliphatic heterocycles. The highest BCUT2D eigenvalue weighted by Crippen LogP contribution is 2.40. The van der Waals surface area contributed by atoms with E-state index in [2.05, 4.69) is 44.5 Å². The highest BCUT2D eigenvalue weighted by molar-refractivity contribution is 5.89. The van der Waals surface area contributed by atoms with Gasteiger partial charge in [0.25, 0.3) is 0 Å². The summed E-state index contributed by atoms with van der Waals surface area (Å²) in [5, 5.41) is 2.92. The molecule has 0 spiro atoms. The third-order valence-electron chi connectivity index (χ3n) is 6.70. The first-order valence-electron chi connectivity index (χ1n) is 13.0. The number of benzene rings is 2. The van der Waals surface area contributed by atoms with E-state index in [0.29, 0.717) is 31.8 Å². The molecule has 188 valence electrons. The van der Waals surface area contributed by atoms with Gasteiger partial charge in [-0.1, -0.05) is 36.4 Å². The molecule has 0 bridgehead atoms. The molecule has 2 aliphatic rings. The molecule has 1 aromatic heterocycles. The third-order valence-corrected chi connectivity index (χ3v) is 6.70. The summed E-state index contributed by atoms with van der Waals surface area (Å²) >= 11 is 0. The number of para-hydroxylation sites is 2. The van der Waals surface area contributed by atoms with Crippen LogP contribution in [0.2, 0.25) is 0 Å². The average Bonchev–Trinajstić information content (AvgIpc) is 3.75. The molecule has 5 rings (SSSR count). The first kappa shape index (κ1) is 24.1. The zero-order chi connectivity index (χ0) is 24.7. The second-order valence-electron chi connectivity index (χ2n) is 9.53. The molecule has 2 fully saturated rings. The average molecular weight is 487 g/mol. The van der Waals surface area contributed by atoms with Gasteiger partial charge in [-0.3, -0.25) is 9.78 Å². The minimum absolute atomic E-state index is 0.0201. The number of carbonyl (C=O) groups excluding carboxylic acids is 1. The predicted molar refractivity (Wildman–Crippen MR) is 141 cm³/mol. The van der Waals surface area contributed by atoms with Gasteiger partial charge in [0.05, 0.1) is 25.5 Å². The molecule has 2 aromatic carbocycles. The molecule has 1 amide bonds. The van der Waals surface area contributed by atoms with Crippen molar-refractivity contribution in [2.75, 3.05) is 29.9 Å². The summed E-state index contributed by atoms with van der Waals surface area (Å²) in [6.45, 7) is 4.13. The van der Waals surface area contributed by atoms with Crippen LogP contribution in [0.5, 0.6) is 11.5 Å². The topological polar surface area (TPSA) is 76.6 Å². The van der Waals surface area contributed by atoms with Crippen molar-refractivity contribution in [1.82, 2.24) is 9.97 Å². The molecule has 1 aliphatic carbocycles. The summed E-state index contributed by atoms with van der Waals surface area (Å²) in [7, 11) is 0. The minimum atomic E-state index is -0.0555. The van der Waals surface area contributed by atoms with Crippen LogP contribution < -0.4 is 19.7 Å². The van der Waals surface area contributed by atoms with Gasteiger partial charge in [-0.2, -0.15) is 0 Å². The Labute approximate surface area is 212 Å². The Morgan fingerprint density at radius 3 is 2.64 bits per heavy atom. The quantitative estimate of drug-likeness (QED) is 0.415. The van der Waals surface area contributed by atoms with Gasteiger partial charge in [-0.15, -0.1) is 0 Å². The molecule has 3 aromatic rings. The second kappa shape index (κ2) is 11.4. The number of nitrogens with zero attached hydrogens (tertiary/aromatic N) is 3. The lowest BCUT2D eigenvalue weighted by Gasteiger charge is -2.33. The van der Waals surface area contributed by atoms with Gasteiger partial charge in [0.2, 0.25) is 5.91 Å². The van der Waals surface area contributed by atoms with Gasteiger partial charge in [-0.05, 0) is 68.2 Å². The zero-order valence-corrected chi connectivity index (χ0v) is 20.9. The lowest BCUT2D eigenvalue weighted by Crippen LogP contribution is -2.41. The Kier molecular flexibility index (Phi) is 7.64. The third kappa shape index (κ3) is 6.33. The highest BCUT2D eigenvalue weighted by atomic mass is 16.5. The SMILES string of the molecule is CCOc1ccccc1O[C@@H]1CCCN(c2cncc(NC(=O)CCc3ccc(C4CC4)cc3)n2)C1. The van der Waals surface area contributed by atoms with E-state index >= 15 is 0 Å². The van der Waals surface area contributed by atoms with Crippen molar-refractivity contribution in [2.45, 2.75) is 57.5 Å². The van der Waals surface area contributed by atoms with Crippen molar-refractivity contribution in [2.24, 2.45) is 0 Å². The summed E-state index contributed by atoms with van der Waals surface area (Å²) in [5.41, 5.74) is 2.60. The Hall–Kier alpha value is -3.61. The fraction of sp³-hybridized carbons (Fsp3) is 0.414. The van der Waals surface area contributed by atoms with E-state index in [-0.39, 0.29) is 12.0 Å². The molecule has 1 saturated heterocycles. The zero-order valence-electron chi connectivity index (χ0n) is 20.9. The molecule has 1 N–H and O–H groups in total. The number of hydrogen-bond acceptors (Lipinski definition) is 6. The van der Waals surface area contributed by atoms with Crippen LogP contribution in [0.1, 0.15) is 56.1 Å². The Balaban J connectivity index is 1.15. The minimum Gasteiger partial charge on any atom is -0.490 e. The van der Waals surface area contributed by atoms with Crippen LogP contribution in [0.15, 0.2) is 60.9 Å². The van der Waals surface area contributed by atoms with Crippen molar-refractivity contribution >= 4 is 17.5 Å². The number of anilines is 2. The molecule has 7 nitrogen and oxygen atoms in total. The maximum absolute atomic E-state index is 12.6. The van der Waals surface area contributed by atoms with Crippen molar-refractivity contribution < 1.29 is 14.3 Å². The van der Waals surface area contributed by atoms with Gasteiger partial charge < -0.3 is 19.7 Å². The number of nitrogens with one attached hydrogen (secondary N) is 1. The highest BCUT2D eigenvalue weighted by Gasteiger charge is 2.24. The largest absolute Gasteiger partial charge is 0.490 e. The Morgan fingerprint density at radius 2 is 1.86 bits per heavy atom. The Bertz CT molecular complexity index is 1160. The first-order valence-corrected chi connectivity index (χ1v) is 13.0. The van der Waals surface area contributed by atoms with E-state index in [1.54, 1.807) is 12.4 Å². The molecule has 1 saturated carbocycles. The van der Waals surface area contributed by atoms with Crippen molar-refractivity contribution in [3.8, 4) is 11.5 Å². The van der Waals surface area contributed by atoms with E-state index in [1.165, 1.54) is 24.0 Å². The molecule has 7 heteroatoms. The smallest absolute Gasteiger partial charge is 0.225 e. The van der Waals surface area contributed by atoms with Crippen LogP contribution in [-0.2, 0) is 11.2 Å². The van der Waals surface area contributed by atoms with E-state index in [1.807, 2.05) is 31.2 Å². The number of piperidine rings is 1. The van der Waals surface area contributed by atoms with Crippen LogP contribution in [0.4, 0.5) is 11.6 Å². The van der Waals surface area contributed by atoms with Gasteiger partial charge in [-0.25, -0.2) is 4.98 Å². The summed E-state index contributed by atoms with van der Waals surface area (Å²) in [4.78, 5) is 23.7. The van der Waals surface area contributed by atoms with Gasteiger partial charge in [0, 0.05) is 13.0 Å². The first-order chi connectivity index (χ1) is 17.7. The molecule has 2 heterocycles. The standard InChI is InChI=1S/C29H34N4O3/c1-2-35-25-7-3-4-8-26(25)36-24-6-5-17-33(20-24)28-19-30-18-27(31-28)32-29(34)16-11-21-9-12-22(13-10-21)23-14-15-23/h3-4,7-10,12-13,18-19,23-24H,2,5-6,11,14-17,20H2,1H3,(H,31,32,34)/t24-/m1/s1. The molecule has 0 unspecified atom stereocenters. The number of ether oxygens (including phenoxy) is 2. The van der Waals surface area contributed by atoms with Gasteiger partial charge in [0.1, 0.15) is 11.9 Å². The lowest BCUT2D eigenvalue weighted by molar-refractivity contribution is -0.116. The fourth-order valence-corrected chi connectivity index (χ4v) is 4.65. The summed E-state index contributed by atoms with van der Waals surface area (Å²) in [6.07, 6.45) is 9.03. The van der Waals surface area contributed by atoms with Crippen LogP contribution in [0, 0.1) is 0 Å². The summed E-state index contributed by atoms with van der Waals surface area (Å²) in [5.74, 6) is 3.45.